The van der Waals surface area contributed by atoms with Gasteiger partial charge in [0.25, 0.3) is 0 Å². The molecule has 0 bridgehead atoms. The van der Waals surface area contributed by atoms with E-state index in [9.17, 15) is 4.79 Å². The molecule has 1 aromatic carbocycles. The Morgan fingerprint density at radius 3 is 2.43 bits per heavy atom. The second-order valence-corrected chi connectivity index (χ2v) is 6.86. The predicted octanol–water partition coefficient (Wildman–Crippen LogP) is 3.09. The molecule has 1 aromatic rings. The number of carbonyl (C=O) groups excluding carboxylic acids is 1. The van der Waals surface area contributed by atoms with Gasteiger partial charge in [0.05, 0.1) is 16.5 Å². The standard InChI is InChI=1S/C16H20Cl2N2O/c17-14-4-3-13(9-15(14)18)10-16(21)20-7-5-19(6-8-20)11-12-1-2-12/h3-4,9,12H,1-2,5-8,10-11H2. The van der Waals surface area contributed by atoms with Gasteiger partial charge in [-0.3, -0.25) is 9.69 Å². The van der Waals surface area contributed by atoms with Crippen molar-refractivity contribution in [3.8, 4) is 0 Å². The minimum Gasteiger partial charge on any atom is -0.340 e. The third-order valence-electron chi connectivity index (χ3n) is 4.28. The summed E-state index contributed by atoms with van der Waals surface area (Å²) in [5, 5.41) is 1.04. The Hall–Kier alpha value is -0.770. The van der Waals surface area contributed by atoms with Crippen molar-refractivity contribution in [1.29, 1.82) is 0 Å². The van der Waals surface area contributed by atoms with Gasteiger partial charge < -0.3 is 4.90 Å². The van der Waals surface area contributed by atoms with Crippen molar-refractivity contribution < 1.29 is 4.79 Å². The average Bonchev–Trinajstić information content (AvgIpc) is 3.28. The maximum absolute atomic E-state index is 12.3. The predicted molar refractivity (Wildman–Crippen MR) is 85.9 cm³/mol. The highest BCUT2D eigenvalue weighted by atomic mass is 35.5. The van der Waals surface area contributed by atoms with Crippen molar-refractivity contribution in [1.82, 2.24) is 9.80 Å². The molecule has 2 aliphatic rings. The molecule has 1 aliphatic carbocycles. The van der Waals surface area contributed by atoms with Gasteiger partial charge in [0.15, 0.2) is 0 Å². The van der Waals surface area contributed by atoms with Crippen molar-refractivity contribution in [2.75, 3.05) is 32.7 Å². The highest BCUT2D eigenvalue weighted by Crippen LogP contribution is 2.30. The first-order chi connectivity index (χ1) is 10.1. The maximum Gasteiger partial charge on any atom is 0.227 e. The van der Waals surface area contributed by atoms with Gasteiger partial charge >= 0.3 is 0 Å². The number of nitrogens with zero attached hydrogens (tertiary/aromatic N) is 2. The monoisotopic (exact) mass is 326 g/mol. The first kappa shape index (κ1) is 15.1. The molecule has 114 valence electrons. The van der Waals surface area contributed by atoms with Gasteiger partial charge in [-0.05, 0) is 36.5 Å². The van der Waals surface area contributed by atoms with Crippen LogP contribution in [0.3, 0.4) is 0 Å². The van der Waals surface area contributed by atoms with Crippen molar-refractivity contribution in [3.05, 3.63) is 33.8 Å². The number of carbonyl (C=O) groups is 1. The number of piperazine rings is 1. The number of benzene rings is 1. The van der Waals surface area contributed by atoms with E-state index in [2.05, 4.69) is 4.90 Å². The van der Waals surface area contributed by atoms with Crippen LogP contribution in [0, 0.1) is 5.92 Å². The van der Waals surface area contributed by atoms with E-state index in [0.29, 0.717) is 16.5 Å². The van der Waals surface area contributed by atoms with Crippen LogP contribution in [0.2, 0.25) is 10.0 Å². The lowest BCUT2D eigenvalue weighted by Gasteiger charge is -2.34. The summed E-state index contributed by atoms with van der Waals surface area (Å²) < 4.78 is 0. The Morgan fingerprint density at radius 2 is 1.81 bits per heavy atom. The van der Waals surface area contributed by atoms with Crippen molar-refractivity contribution >= 4 is 29.1 Å². The van der Waals surface area contributed by atoms with E-state index in [-0.39, 0.29) is 5.91 Å². The van der Waals surface area contributed by atoms with Crippen LogP contribution in [-0.4, -0.2) is 48.4 Å². The Balaban J connectivity index is 1.50. The summed E-state index contributed by atoms with van der Waals surface area (Å²) in [7, 11) is 0. The zero-order valence-corrected chi connectivity index (χ0v) is 13.5. The summed E-state index contributed by atoms with van der Waals surface area (Å²) >= 11 is 11.9. The Morgan fingerprint density at radius 1 is 1.10 bits per heavy atom. The summed E-state index contributed by atoms with van der Waals surface area (Å²) in [5.74, 6) is 1.10. The van der Waals surface area contributed by atoms with Crippen LogP contribution in [0.1, 0.15) is 18.4 Å². The topological polar surface area (TPSA) is 23.6 Å². The molecule has 0 unspecified atom stereocenters. The summed E-state index contributed by atoms with van der Waals surface area (Å²) in [5.41, 5.74) is 0.926. The van der Waals surface area contributed by atoms with Crippen molar-refractivity contribution in [2.24, 2.45) is 5.92 Å². The summed E-state index contributed by atoms with van der Waals surface area (Å²) in [6.45, 7) is 4.90. The molecular formula is C16H20Cl2N2O. The van der Waals surface area contributed by atoms with Crippen molar-refractivity contribution in [3.63, 3.8) is 0 Å². The van der Waals surface area contributed by atoms with Gasteiger partial charge in [-0.2, -0.15) is 0 Å². The summed E-state index contributed by atoms with van der Waals surface area (Å²) in [6, 6.07) is 5.40. The van der Waals surface area contributed by atoms with E-state index in [0.717, 1.165) is 37.7 Å². The molecule has 21 heavy (non-hydrogen) atoms. The second-order valence-electron chi connectivity index (χ2n) is 6.05. The lowest BCUT2D eigenvalue weighted by Crippen LogP contribution is -2.49. The van der Waals surface area contributed by atoms with Gasteiger partial charge in [-0.1, -0.05) is 29.3 Å². The molecule has 3 nitrogen and oxygen atoms in total. The van der Waals surface area contributed by atoms with E-state index in [1.54, 1.807) is 12.1 Å². The molecule has 0 N–H and O–H groups in total. The first-order valence-electron chi connectivity index (χ1n) is 7.56. The Kier molecular flexibility index (Phi) is 4.72. The molecule has 0 aromatic heterocycles. The Bertz CT molecular complexity index is 523. The molecule has 0 radical (unpaired) electrons. The van der Waals surface area contributed by atoms with Crippen LogP contribution in [0.5, 0.6) is 0 Å². The summed E-state index contributed by atoms with van der Waals surface area (Å²) in [6.07, 6.45) is 3.17. The van der Waals surface area contributed by atoms with Crippen molar-refractivity contribution in [2.45, 2.75) is 19.3 Å². The van der Waals surface area contributed by atoms with Crippen LogP contribution >= 0.6 is 23.2 Å². The van der Waals surface area contributed by atoms with E-state index < -0.39 is 0 Å². The van der Waals surface area contributed by atoms with Crippen LogP contribution in [0.25, 0.3) is 0 Å². The molecule has 1 saturated heterocycles. The third-order valence-corrected chi connectivity index (χ3v) is 5.02. The molecular weight excluding hydrogens is 307 g/mol. The molecule has 1 saturated carbocycles. The molecule has 5 heteroatoms. The van der Waals surface area contributed by atoms with E-state index in [1.807, 2.05) is 11.0 Å². The zero-order chi connectivity index (χ0) is 14.8. The number of amides is 1. The fourth-order valence-corrected chi connectivity index (χ4v) is 3.10. The minimum atomic E-state index is 0.180. The molecule has 3 rings (SSSR count). The highest BCUT2D eigenvalue weighted by Gasteiger charge is 2.27. The molecule has 0 spiro atoms. The van der Waals surface area contributed by atoms with Gasteiger partial charge in [-0.15, -0.1) is 0 Å². The van der Waals surface area contributed by atoms with Gasteiger partial charge in [-0.25, -0.2) is 0 Å². The largest absolute Gasteiger partial charge is 0.340 e. The molecule has 1 heterocycles. The van der Waals surface area contributed by atoms with Crippen LogP contribution < -0.4 is 0 Å². The van der Waals surface area contributed by atoms with E-state index in [4.69, 9.17) is 23.2 Å². The number of rotatable bonds is 4. The van der Waals surface area contributed by atoms with Crippen LogP contribution in [0.4, 0.5) is 0 Å². The van der Waals surface area contributed by atoms with E-state index >= 15 is 0 Å². The molecule has 2 fully saturated rings. The second kappa shape index (κ2) is 6.55. The fourth-order valence-electron chi connectivity index (χ4n) is 2.78. The van der Waals surface area contributed by atoms with Gasteiger partial charge in [0.1, 0.15) is 0 Å². The van der Waals surface area contributed by atoms with Crippen LogP contribution in [0.15, 0.2) is 18.2 Å². The van der Waals surface area contributed by atoms with Crippen LogP contribution in [-0.2, 0) is 11.2 Å². The fraction of sp³-hybridized carbons (Fsp3) is 0.562. The number of hydrogen-bond acceptors (Lipinski definition) is 2. The quantitative estimate of drug-likeness (QED) is 0.848. The lowest BCUT2D eigenvalue weighted by molar-refractivity contribution is -0.132. The normalized spacial score (nSPS) is 19.8. The number of hydrogen-bond donors (Lipinski definition) is 0. The Labute approximate surface area is 135 Å². The highest BCUT2D eigenvalue weighted by molar-refractivity contribution is 6.42. The first-order valence-corrected chi connectivity index (χ1v) is 8.31. The average molecular weight is 327 g/mol. The zero-order valence-electron chi connectivity index (χ0n) is 12.0. The third kappa shape index (κ3) is 4.12. The molecule has 1 amide bonds. The smallest absolute Gasteiger partial charge is 0.227 e. The maximum atomic E-state index is 12.3. The van der Waals surface area contributed by atoms with Gasteiger partial charge in [0, 0.05) is 32.7 Å². The van der Waals surface area contributed by atoms with E-state index in [1.165, 1.54) is 19.4 Å². The SMILES string of the molecule is O=C(Cc1ccc(Cl)c(Cl)c1)N1CCN(CC2CC2)CC1. The number of halogens is 2. The van der Waals surface area contributed by atoms with Gasteiger partial charge in [0.2, 0.25) is 5.91 Å². The molecule has 0 atom stereocenters. The minimum absolute atomic E-state index is 0.180. The lowest BCUT2D eigenvalue weighted by atomic mass is 10.1. The summed E-state index contributed by atoms with van der Waals surface area (Å²) in [4.78, 5) is 16.8. The molecule has 1 aliphatic heterocycles.